The van der Waals surface area contributed by atoms with Gasteiger partial charge in [-0.1, -0.05) is 0 Å². The highest BCUT2D eigenvalue weighted by Crippen LogP contribution is 2.19. The van der Waals surface area contributed by atoms with Gasteiger partial charge in [0.15, 0.2) is 11.6 Å². The first-order valence-corrected chi connectivity index (χ1v) is 5.31. The molecule has 0 radical (unpaired) electrons. The first-order chi connectivity index (χ1) is 7.78. The van der Waals surface area contributed by atoms with Gasteiger partial charge >= 0.3 is 0 Å². The summed E-state index contributed by atoms with van der Waals surface area (Å²) in [6.45, 7) is 5.98. The van der Waals surface area contributed by atoms with Crippen molar-refractivity contribution in [2.24, 2.45) is 0 Å². The molecule has 1 rings (SSSR count). The van der Waals surface area contributed by atoms with E-state index in [9.17, 15) is 9.18 Å². The molecule has 0 atom stereocenters. The van der Waals surface area contributed by atoms with Crippen molar-refractivity contribution < 1.29 is 14.3 Å². The molecule has 94 valence electrons. The fourth-order valence-electron chi connectivity index (χ4n) is 1.14. The highest BCUT2D eigenvalue weighted by molar-refractivity contribution is 5.92. The monoisotopic (exact) mass is 240 g/mol. The second-order valence-electron chi connectivity index (χ2n) is 4.82. The lowest BCUT2D eigenvalue weighted by molar-refractivity contribution is -0.115. The number of hydrogen-bond donors (Lipinski definition) is 3. The molecule has 4 nitrogen and oxygen atoms in total. The molecule has 0 fully saturated rings. The van der Waals surface area contributed by atoms with E-state index in [-0.39, 0.29) is 18.0 Å². The van der Waals surface area contributed by atoms with Crippen molar-refractivity contribution in [2.45, 2.75) is 26.3 Å². The number of benzene rings is 1. The number of rotatable bonds is 3. The van der Waals surface area contributed by atoms with E-state index in [4.69, 9.17) is 5.11 Å². The molecule has 0 spiro atoms. The van der Waals surface area contributed by atoms with Gasteiger partial charge in [0.25, 0.3) is 0 Å². The molecule has 5 heteroatoms. The standard InChI is InChI=1S/C12H17FN2O2/c1-12(2,3)14-7-11(17)15-8-4-5-10(16)9(13)6-8/h4-6,14,16H,7H2,1-3H3,(H,15,17). The molecule has 0 saturated carbocycles. The number of hydrogen-bond acceptors (Lipinski definition) is 3. The summed E-state index contributed by atoms with van der Waals surface area (Å²) in [5, 5.41) is 14.5. The summed E-state index contributed by atoms with van der Waals surface area (Å²) in [5.74, 6) is -1.45. The lowest BCUT2D eigenvalue weighted by atomic mass is 10.1. The average Bonchev–Trinajstić information content (AvgIpc) is 2.20. The number of phenolic OH excluding ortho intramolecular Hbond substituents is 1. The van der Waals surface area contributed by atoms with Crippen molar-refractivity contribution >= 4 is 11.6 Å². The second-order valence-corrected chi connectivity index (χ2v) is 4.82. The molecule has 1 aromatic carbocycles. The Bertz CT molecular complexity index is 413. The van der Waals surface area contributed by atoms with Crippen LogP contribution < -0.4 is 10.6 Å². The Morgan fingerprint density at radius 1 is 1.41 bits per heavy atom. The number of anilines is 1. The van der Waals surface area contributed by atoms with Gasteiger partial charge < -0.3 is 15.7 Å². The molecule has 1 aromatic rings. The van der Waals surface area contributed by atoms with Crippen LogP contribution in [0.4, 0.5) is 10.1 Å². The van der Waals surface area contributed by atoms with Crippen LogP contribution in [0.1, 0.15) is 20.8 Å². The fraction of sp³-hybridized carbons (Fsp3) is 0.417. The lowest BCUT2D eigenvalue weighted by Crippen LogP contribution is -2.41. The minimum Gasteiger partial charge on any atom is -0.505 e. The van der Waals surface area contributed by atoms with Crippen LogP contribution in [-0.4, -0.2) is 23.1 Å². The number of nitrogens with one attached hydrogen (secondary N) is 2. The summed E-state index contributed by atoms with van der Waals surface area (Å²) in [6, 6.07) is 3.71. The van der Waals surface area contributed by atoms with Gasteiger partial charge in [0, 0.05) is 17.3 Å². The molecule has 17 heavy (non-hydrogen) atoms. The third kappa shape index (κ3) is 4.82. The first kappa shape index (κ1) is 13.4. The minimum atomic E-state index is -0.758. The van der Waals surface area contributed by atoms with Crippen molar-refractivity contribution in [1.82, 2.24) is 5.32 Å². The van der Waals surface area contributed by atoms with Gasteiger partial charge in [-0.15, -0.1) is 0 Å². The Balaban J connectivity index is 2.54. The van der Waals surface area contributed by atoms with Gasteiger partial charge in [-0.25, -0.2) is 4.39 Å². The fourth-order valence-corrected chi connectivity index (χ4v) is 1.14. The normalized spacial score (nSPS) is 11.3. The van der Waals surface area contributed by atoms with Gasteiger partial charge in [0.05, 0.1) is 6.54 Å². The summed E-state index contributed by atoms with van der Waals surface area (Å²) in [5.41, 5.74) is 0.165. The van der Waals surface area contributed by atoms with E-state index in [1.165, 1.54) is 12.1 Å². The summed E-state index contributed by atoms with van der Waals surface area (Å²) in [6.07, 6.45) is 0. The molecule has 0 aliphatic heterocycles. The zero-order valence-electron chi connectivity index (χ0n) is 10.2. The summed E-state index contributed by atoms with van der Waals surface area (Å²) < 4.78 is 13.0. The van der Waals surface area contributed by atoms with E-state index in [1.807, 2.05) is 20.8 Å². The Morgan fingerprint density at radius 3 is 2.59 bits per heavy atom. The van der Waals surface area contributed by atoms with E-state index in [1.54, 1.807) is 0 Å². The van der Waals surface area contributed by atoms with E-state index in [2.05, 4.69) is 10.6 Å². The molecule has 0 aromatic heterocycles. The summed E-state index contributed by atoms with van der Waals surface area (Å²) in [4.78, 5) is 11.5. The number of carbonyl (C=O) groups excluding carboxylic acids is 1. The predicted octanol–water partition coefficient (Wildman–Crippen LogP) is 1.86. The van der Waals surface area contributed by atoms with E-state index < -0.39 is 11.6 Å². The highest BCUT2D eigenvalue weighted by Gasteiger charge is 2.11. The van der Waals surface area contributed by atoms with Gasteiger partial charge in [-0.05, 0) is 32.9 Å². The van der Waals surface area contributed by atoms with Crippen LogP contribution in [0, 0.1) is 5.82 Å². The third-order valence-corrected chi connectivity index (χ3v) is 2.01. The number of halogens is 1. The Hall–Kier alpha value is -1.62. The molecule has 0 unspecified atom stereocenters. The van der Waals surface area contributed by atoms with Crippen LogP contribution >= 0.6 is 0 Å². The number of phenols is 1. The predicted molar refractivity (Wildman–Crippen MR) is 64.5 cm³/mol. The maximum Gasteiger partial charge on any atom is 0.238 e. The first-order valence-electron chi connectivity index (χ1n) is 5.31. The summed E-state index contributed by atoms with van der Waals surface area (Å²) >= 11 is 0. The van der Waals surface area contributed by atoms with Gasteiger partial charge in [-0.2, -0.15) is 0 Å². The van der Waals surface area contributed by atoms with Crippen LogP contribution in [0.5, 0.6) is 5.75 Å². The van der Waals surface area contributed by atoms with Crippen LogP contribution in [0.3, 0.4) is 0 Å². The Kier molecular flexibility index (Phi) is 4.07. The van der Waals surface area contributed by atoms with Crippen LogP contribution in [0.15, 0.2) is 18.2 Å². The van der Waals surface area contributed by atoms with Crippen LogP contribution in [-0.2, 0) is 4.79 Å². The van der Waals surface area contributed by atoms with E-state index in [0.29, 0.717) is 5.69 Å². The maximum atomic E-state index is 13.0. The van der Waals surface area contributed by atoms with Gasteiger partial charge in [0.1, 0.15) is 0 Å². The number of aromatic hydroxyl groups is 1. The minimum absolute atomic E-state index is 0.145. The summed E-state index contributed by atoms with van der Waals surface area (Å²) in [7, 11) is 0. The molecule has 3 N–H and O–H groups in total. The van der Waals surface area contributed by atoms with Gasteiger partial charge in [-0.3, -0.25) is 4.79 Å². The smallest absolute Gasteiger partial charge is 0.238 e. The third-order valence-electron chi connectivity index (χ3n) is 2.01. The van der Waals surface area contributed by atoms with Crippen molar-refractivity contribution in [3.8, 4) is 5.75 Å². The van der Waals surface area contributed by atoms with Crippen molar-refractivity contribution in [2.75, 3.05) is 11.9 Å². The van der Waals surface area contributed by atoms with Crippen molar-refractivity contribution in [3.63, 3.8) is 0 Å². The second kappa shape index (κ2) is 5.14. The van der Waals surface area contributed by atoms with Crippen molar-refractivity contribution in [1.29, 1.82) is 0 Å². The largest absolute Gasteiger partial charge is 0.505 e. The van der Waals surface area contributed by atoms with Gasteiger partial charge in [0.2, 0.25) is 5.91 Å². The number of amides is 1. The SMILES string of the molecule is CC(C)(C)NCC(=O)Nc1ccc(O)c(F)c1. The van der Waals surface area contributed by atoms with Crippen molar-refractivity contribution in [3.05, 3.63) is 24.0 Å². The average molecular weight is 240 g/mol. The van der Waals surface area contributed by atoms with Crippen LogP contribution in [0.2, 0.25) is 0 Å². The van der Waals surface area contributed by atoms with E-state index in [0.717, 1.165) is 6.07 Å². The zero-order valence-corrected chi connectivity index (χ0v) is 10.2. The molecular weight excluding hydrogens is 223 g/mol. The molecule has 0 aliphatic rings. The Morgan fingerprint density at radius 2 is 2.06 bits per heavy atom. The number of carbonyl (C=O) groups is 1. The molecule has 0 bridgehead atoms. The zero-order chi connectivity index (χ0) is 13.1. The maximum absolute atomic E-state index is 13.0. The van der Waals surface area contributed by atoms with Crippen LogP contribution in [0.25, 0.3) is 0 Å². The topological polar surface area (TPSA) is 61.4 Å². The van der Waals surface area contributed by atoms with E-state index >= 15 is 0 Å². The molecular formula is C12H17FN2O2. The Labute approximate surface area is 99.8 Å². The molecule has 0 aliphatic carbocycles. The highest BCUT2D eigenvalue weighted by atomic mass is 19.1. The molecule has 0 saturated heterocycles. The lowest BCUT2D eigenvalue weighted by Gasteiger charge is -2.20. The molecule has 1 amide bonds. The molecule has 0 heterocycles. The quantitative estimate of drug-likeness (QED) is 0.707.